The Bertz CT molecular complexity index is 1150. The molecule has 1 amide bonds. The molecule has 4 aromatic rings. The molecule has 1 aliphatic carbocycles. The highest BCUT2D eigenvalue weighted by molar-refractivity contribution is 7.19. The topological polar surface area (TPSA) is 59.8 Å². The summed E-state index contributed by atoms with van der Waals surface area (Å²) in [5, 5.41) is 3.62. The molecule has 5 nitrogen and oxygen atoms in total. The maximum absolute atomic E-state index is 12.9. The van der Waals surface area contributed by atoms with Crippen LogP contribution in [-0.4, -0.2) is 20.4 Å². The Balaban J connectivity index is 1.49. The number of anilines is 1. The van der Waals surface area contributed by atoms with Crippen LogP contribution in [0.3, 0.4) is 0 Å². The van der Waals surface area contributed by atoms with E-state index in [-0.39, 0.29) is 5.91 Å². The molecule has 0 aliphatic heterocycles. The summed E-state index contributed by atoms with van der Waals surface area (Å²) in [6, 6.07) is 12.1. The van der Waals surface area contributed by atoms with Gasteiger partial charge in [-0.3, -0.25) is 10.1 Å². The molecule has 5 rings (SSSR count). The number of carbonyl (C=O) groups is 1. The Hall–Kier alpha value is -2.77. The fourth-order valence-corrected chi connectivity index (χ4v) is 5.83. The van der Waals surface area contributed by atoms with Crippen molar-refractivity contribution >= 4 is 33.7 Å². The van der Waals surface area contributed by atoms with E-state index >= 15 is 0 Å². The largest absolute Gasteiger partial charge is 0.333 e. The Labute approximate surface area is 177 Å². The highest BCUT2D eigenvalue weighted by atomic mass is 32.1. The van der Waals surface area contributed by atoms with E-state index in [0.29, 0.717) is 5.13 Å². The fraction of sp³-hybridized carbons (Fsp3) is 0.227. The van der Waals surface area contributed by atoms with Crippen LogP contribution in [0.4, 0.5) is 5.13 Å². The van der Waals surface area contributed by atoms with Gasteiger partial charge in [-0.1, -0.05) is 41.7 Å². The van der Waals surface area contributed by atoms with E-state index in [1.54, 1.807) is 17.5 Å². The highest BCUT2D eigenvalue weighted by Gasteiger charge is 2.21. The number of hydrogen-bond donors (Lipinski definition) is 1. The minimum absolute atomic E-state index is 0.0795. The van der Waals surface area contributed by atoms with E-state index in [1.807, 2.05) is 48.1 Å². The molecule has 0 bridgehead atoms. The number of nitrogens with one attached hydrogen (secondary N) is 1. The number of fused-ring (bicyclic) bond motifs is 1. The van der Waals surface area contributed by atoms with Crippen LogP contribution in [0, 0.1) is 0 Å². The predicted molar refractivity (Wildman–Crippen MR) is 119 cm³/mol. The minimum atomic E-state index is -0.0795. The molecule has 1 aromatic carbocycles. The lowest BCUT2D eigenvalue weighted by Crippen LogP contribution is -2.09. The molecule has 29 heavy (non-hydrogen) atoms. The summed E-state index contributed by atoms with van der Waals surface area (Å²) in [6.07, 6.45) is 8.29. The molecule has 146 valence electrons. The van der Waals surface area contributed by atoms with Crippen molar-refractivity contribution in [2.75, 3.05) is 5.32 Å². The Morgan fingerprint density at radius 3 is 2.72 bits per heavy atom. The summed E-state index contributed by atoms with van der Waals surface area (Å²) in [4.78, 5) is 25.2. The van der Waals surface area contributed by atoms with Gasteiger partial charge in [0, 0.05) is 29.9 Å². The smallest absolute Gasteiger partial charge is 0.267 e. The van der Waals surface area contributed by atoms with E-state index in [9.17, 15) is 4.79 Å². The first-order valence-electron chi connectivity index (χ1n) is 9.66. The summed E-state index contributed by atoms with van der Waals surface area (Å²) < 4.78 is 1.97. The normalized spacial score (nSPS) is 13.3. The first-order valence-corrected chi connectivity index (χ1v) is 11.3. The first kappa shape index (κ1) is 18.3. The van der Waals surface area contributed by atoms with Gasteiger partial charge in [0.25, 0.3) is 5.91 Å². The standard InChI is InChI=1S/C22H20N4OS2/c1-26-12-11-23-20(26)19-18(14-7-3-2-4-8-14)24-22(29-19)25-21(27)17-13-15-9-5-6-10-16(15)28-17/h2-4,7-8,11-13H,5-6,9-10H2,1H3,(H,24,25,27). The molecule has 3 heterocycles. The zero-order chi connectivity index (χ0) is 19.8. The third-order valence-electron chi connectivity index (χ3n) is 5.14. The van der Waals surface area contributed by atoms with Gasteiger partial charge in [0.15, 0.2) is 11.0 Å². The predicted octanol–water partition coefficient (Wildman–Crippen LogP) is 5.40. The molecule has 1 N–H and O–H groups in total. The van der Waals surface area contributed by atoms with Crippen molar-refractivity contribution in [1.82, 2.24) is 14.5 Å². The summed E-state index contributed by atoms with van der Waals surface area (Å²) >= 11 is 3.08. The van der Waals surface area contributed by atoms with E-state index in [1.165, 1.54) is 34.6 Å². The number of imidazole rings is 1. The zero-order valence-corrected chi connectivity index (χ0v) is 17.6. The Kier molecular flexibility index (Phi) is 4.77. The molecule has 3 aromatic heterocycles. The Morgan fingerprint density at radius 2 is 1.97 bits per heavy atom. The van der Waals surface area contributed by atoms with Crippen molar-refractivity contribution < 1.29 is 4.79 Å². The van der Waals surface area contributed by atoms with Crippen LogP contribution in [0.25, 0.3) is 22.0 Å². The quantitative estimate of drug-likeness (QED) is 0.481. The number of aryl methyl sites for hydroxylation is 3. The van der Waals surface area contributed by atoms with Crippen molar-refractivity contribution in [3.63, 3.8) is 0 Å². The van der Waals surface area contributed by atoms with E-state index in [0.717, 1.165) is 39.7 Å². The number of thiophene rings is 1. The van der Waals surface area contributed by atoms with Crippen LogP contribution in [0.2, 0.25) is 0 Å². The number of nitrogens with zero attached hydrogens (tertiary/aromatic N) is 3. The number of carbonyl (C=O) groups excluding carboxylic acids is 1. The summed E-state index contributed by atoms with van der Waals surface area (Å²) in [6.45, 7) is 0. The zero-order valence-electron chi connectivity index (χ0n) is 16.0. The lowest BCUT2D eigenvalue weighted by Gasteiger charge is -2.08. The molecule has 7 heteroatoms. The molecule has 0 radical (unpaired) electrons. The molecule has 0 unspecified atom stereocenters. The number of amides is 1. The van der Waals surface area contributed by atoms with Gasteiger partial charge in [0.1, 0.15) is 0 Å². The van der Waals surface area contributed by atoms with Crippen LogP contribution in [-0.2, 0) is 19.9 Å². The second kappa shape index (κ2) is 7.57. The third-order valence-corrected chi connectivity index (χ3v) is 7.34. The third kappa shape index (κ3) is 3.52. The Morgan fingerprint density at radius 1 is 1.14 bits per heavy atom. The van der Waals surface area contributed by atoms with Crippen molar-refractivity contribution in [2.45, 2.75) is 25.7 Å². The van der Waals surface area contributed by atoms with Gasteiger partial charge < -0.3 is 4.57 Å². The SMILES string of the molecule is Cn1ccnc1-c1sc(NC(=O)c2cc3c(s2)CCCC3)nc1-c1ccccc1. The summed E-state index contributed by atoms with van der Waals surface area (Å²) in [5.41, 5.74) is 3.18. The number of rotatable bonds is 4. The van der Waals surface area contributed by atoms with Crippen LogP contribution in [0.5, 0.6) is 0 Å². The molecule has 0 fully saturated rings. The van der Waals surface area contributed by atoms with Gasteiger partial charge in [0.2, 0.25) is 0 Å². The van der Waals surface area contributed by atoms with Gasteiger partial charge >= 0.3 is 0 Å². The number of benzene rings is 1. The van der Waals surface area contributed by atoms with E-state index < -0.39 is 0 Å². The molecular weight excluding hydrogens is 400 g/mol. The number of hydrogen-bond acceptors (Lipinski definition) is 5. The molecule has 0 atom stereocenters. The average Bonchev–Trinajstić information content (AvgIpc) is 3.46. The second-order valence-electron chi connectivity index (χ2n) is 7.14. The van der Waals surface area contributed by atoms with Gasteiger partial charge in [0.05, 0.1) is 15.4 Å². The van der Waals surface area contributed by atoms with E-state index in [2.05, 4.69) is 16.4 Å². The van der Waals surface area contributed by atoms with Gasteiger partial charge in [-0.05, 0) is 37.3 Å². The lowest BCUT2D eigenvalue weighted by atomic mass is 9.99. The maximum atomic E-state index is 12.9. The molecule has 1 aliphatic rings. The molecular formula is C22H20N4OS2. The molecule has 0 spiro atoms. The molecule has 0 saturated heterocycles. The first-order chi connectivity index (χ1) is 14.2. The van der Waals surface area contributed by atoms with Crippen LogP contribution >= 0.6 is 22.7 Å². The maximum Gasteiger partial charge on any atom is 0.267 e. The summed E-state index contributed by atoms with van der Waals surface area (Å²) in [7, 11) is 1.96. The van der Waals surface area contributed by atoms with Crippen LogP contribution in [0.1, 0.15) is 33.0 Å². The minimum Gasteiger partial charge on any atom is -0.333 e. The van der Waals surface area contributed by atoms with Crippen molar-refractivity contribution in [2.24, 2.45) is 7.05 Å². The van der Waals surface area contributed by atoms with Crippen LogP contribution in [0.15, 0.2) is 48.8 Å². The lowest BCUT2D eigenvalue weighted by molar-refractivity contribution is 0.103. The van der Waals surface area contributed by atoms with Crippen molar-refractivity contribution in [3.05, 3.63) is 64.1 Å². The van der Waals surface area contributed by atoms with Crippen LogP contribution < -0.4 is 5.32 Å². The number of aromatic nitrogens is 3. The van der Waals surface area contributed by atoms with Crippen molar-refractivity contribution in [3.8, 4) is 22.0 Å². The van der Waals surface area contributed by atoms with Gasteiger partial charge in [-0.25, -0.2) is 9.97 Å². The second-order valence-corrected chi connectivity index (χ2v) is 9.28. The fourth-order valence-electron chi connectivity index (χ4n) is 3.66. The van der Waals surface area contributed by atoms with Crippen molar-refractivity contribution in [1.29, 1.82) is 0 Å². The van der Waals surface area contributed by atoms with Gasteiger partial charge in [-0.2, -0.15) is 0 Å². The van der Waals surface area contributed by atoms with Gasteiger partial charge in [-0.15, -0.1) is 11.3 Å². The monoisotopic (exact) mass is 420 g/mol. The van der Waals surface area contributed by atoms with E-state index in [4.69, 9.17) is 4.98 Å². The highest BCUT2D eigenvalue weighted by Crippen LogP contribution is 2.38. The summed E-state index contributed by atoms with van der Waals surface area (Å²) in [5.74, 6) is 0.762. The average molecular weight is 421 g/mol. The molecule has 0 saturated carbocycles. The number of thiazole rings is 1.